The summed E-state index contributed by atoms with van der Waals surface area (Å²) in [5, 5.41) is 0.794. The highest BCUT2D eigenvalue weighted by Gasteiger charge is 2.08. The highest BCUT2D eigenvalue weighted by molar-refractivity contribution is 9.10. The van der Waals surface area contributed by atoms with Crippen LogP contribution in [0.1, 0.15) is 15.9 Å². The van der Waals surface area contributed by atoms with Crippen LogP contribution < -0.4 is 0 Å². The third-order valence-corrected chi connectivity index (χ3v) is 3.86. The number of Topliss-reactive ketones (excluding diaryl/α,β-unsaturated/α-hetero) is 1. The number of rotatable bonds is 5. The maximum absolute atomic E-state index is 11.9. The van der Waals surface area contributed by atoms with Gasteiger partial charge in [-0.1, -0.05) is 51.3 Å². The second kappa shape index (κ2) is 7.23. The number of hydrogen-bond acceptors (Lipinski definition) is 2. The first-order valence-electron chi connectivity index (χ1n) is 5.86. The molecule has 2 rings (SSSR count). The molecular weight excluding hydrogens is 363 g/mol. The van der Waals surface area contributed by atoms with E-state index >= 15 is 0 Å². The lowest BCUT2D eigenvalue weighted by Gasteiger charge is -2.05. The van der Waals surface area contributed by atoms with Crippen LogP contribution in [0.25, 0.3) is 0 Å². The average molecular weight is 374 g/mol. The van der Waals surface area contributed by atoms with E-state index in [-0.39, 0.29) is 12.4 Å². The number of benzene rings is 2. The molecule has 104 valence electrons. The zero-order valence-corrected chi connectivity index (χ0v) is 13.5. The molecule has 0 aliphatic heterocycles. The molecule has 0 fully saturated rings. The lowest BCUT2D eigenvalue weighted by Crippen LogP contribution is -2.09. The molecular formula is C15H11BrCl2O2. The molecule has 0 aliphatic carbocycles. The zero-order valence-electron chi connectivity index (χ0n) is 10.4. The predicted octanol–water partition coefficient (Wildman–Crippen LogP) is 5.16. The minimum atomic E-state index is -0.126. The van der Waals surface area contributed by atoms with Crippen LogP contribution in [0.2, 0.25) is 10.0 Å². The minimum Gasteiger partial charge on any atom is -0.369 e. The van der Waals surface area contributed by atoms with Crippen molar-refractivity contribution in [3.8, 4) is 0 Å². The monoisotopic (exact) mass is 372 g/mol. The van der Waals surface area contributed by atoms with Crippen molar-refractivity contribution in [2.45, 2.75) is 6.61 Å². The molecule has 0 unspecified atom stereocenters. The van der Waals surface area contributed by atoms with E-state index in [2.05, 4.69) is 15.9 Å². The van der Waals surface area contributed by atoms with Gasteiger partial charge in [-0.2, -0.15) is 0 Å². The fraction of sp³-hybridized carbons (Fsp3) is 0.133. The highest BCUT2D eigenvalue weighted by atomic mass is 79.9. The molecule has 0 aromatic heterocycles. The number of ether oxygens (including phenoxy) is 1. The summed E-state index contributed by atoms with van der Waals surface area (Å²) in [6.07, 6.45) is 0. The minimum absolute atomic E-state index is 0.00444. The Labute approximate surface area is 135 Å². The molecule has 0 aliphatic rings. The van der Waals surface area contributed by atoms with E-state index in [1.54, 1.807) is 18.2 Å². The Hall–Kier alpha value is -0.870. The molecule has 2 aromatic rings. The van der Waals surface area contributed by atoms with Gasteiger partial charge in [0.1, 0.15) is 6.61 Å². The second-order valence-corrected chi connectivity index (χ2v) is 5.90. The Bertz CT molecular complexity index is 629. The van der Waals surface area contributed by atoms with Crippen molar-refractivity contribution in [3.63, 3.8) is 0 Å². The molecule has 0 saturated heterocycles. The van der Waals surface area contributed by atoms with Crippen molar-refractivity contribution >= 4 is 44.9 Å². The Morgan fingerprint density at radius 2 is 1.90 bits per heavy atom. The lowest BCUT2D eigenvalue weighted by atomic mass is 10.1. The van der Waals surface area contributed by atoms with Gasteiger partial charge >= 0.3 is 0 Å². The molecule has 20 heavy (non-hydrogen) atoms. The van der Waals surface area contributed by atoms with Crippen molar-refractivity contribution in [3.05, 3.63) is 68.1 Å². The molecule has 0 spiro atoms. The Kier molecular flexibility index (Phi) is 5.61. The van der Waals surface area contributed by atoms with Gasteiger partial charge in [0.05, 0.1) is 16.7 Å². The van der Waals surface area contributed by atoms with Crippen molar-refractivity contribution in [2.24, 2.45) is 0 Å². The van der Waals surface area contributed by atoms with Crippen LogP contribution in [0, 0.1) is 0 Å². The molecule has 2 nitrogen and oxygen atoms in total. The number of carbonyl (C=O) groups excluding carboxylic acids is 1. The van der Waals surface area contributed by atoms with Crippen LogP contribution in [-0.2, 0) is 11.3 Å². The fourth-order valence-electron chi connectivity index (χ4n) is 1.64. The molecule has 2 aromatic carbocycles. The zero-order chi connectivity index (χ0) is 14.5. The van der Waals surface area contributed by atoms with E-state index < -0.39 is 0 Å². The summed E-state index contributed by atoms with van der Waals surface area (Å²) in [5.74, 6) is -0.126. The van der Waals surface area contributed by atoms with Crippen LogP contribution in [-0.4, -0.2) is 12.4 Å². The van der Waals surface area contributed by atoms with Gasteiger partial charge < -0.3 is 4.74 Å². The molecule has 0 amide bonds. The standard InChI is InChI=1S/C15H11BrCl2O2/c16-12-3-1-2-10(6-12)8-20-9-15(19)11-4-5-13(17)14(18)7-11/h1-7H,8-9H2. The van der Waals surface area contributed by atoms with Crippen LogP contribution in [0.5, 0.6) is 0 Å². The van der Waals surface area contributed by atoms with Gasteiger partial charge in [0.15, 0.2) is 5.78 Å². The molecule has 0 radical (unpaired) electrons. The maximum Gasteiger partial charge on any atom is 0.188 e. The predicted molar refractivity (Wildman–Crippen MR) is 84.6 cm³/mol. The van der Waals surface area contributed by atoms with Gasteiger partial charge in [0.2, 0.25) is 0 Å². The summed E-state index contributed by atoms with van der Waals surface area (Å²) in [6.45, 7) is 0.386. The van der Waals surface area contributed by atoms with Gasteiger partial charge in [0, 0.05) is 10.0 Å². The summed E-state index contributed by atoms with van der Waals surface area (Å²) >= 11 is 15.1. The largest absolute Gasteiger partial charge is 0.369 e. The number of hydrogen-bond donors (Lipinski definition) is 0. The fourth-order valence-corrected chi connectivity index (χ4v) is 2.39. The second-order valence-electron chi connectivity index (χ2n) is 4.17. The summed E-state index contributed by atoms with van der Waals surface area (Å²) < 4.78 is 6.40. The molecule has 0 N–H and O–H groups in total. The first-order chi connectivity index (χ1) is 9.56. The van der Waals surface area contributed by atoms with E-state index in [1.165, 1.54) is 0 Å². The Balaban J connectivity index is 1.90. The van der Waals surface area contributed by atoms with E-state index in [0.29, 0.717) is 22.2 Å². The highest BCUT2D eigenvalue weighted by Crippen LogP contribution is 2.22. The van der Waals surface area contributed by atoms with Crippen LogP contribution in [0.3, 0.4) is 0 Å². The van der Waals surface area contributed by atoms with E-state index in [9.17, 15) is 4.79 Å². The van der Waals surface area contributed by atoms with Crippen molar-refractivity contribution in [1.29, 1.82) is 0 Å². The van der Waals surface area contributed by atoms with E-state index in [4.69, 9.17) is 27.9 Å². The van der Waals surface area contributed by atoms with Gasteiger partial charge in [-0.3, -0.25) is 4.79 Å². The molecule has 5 heteroatoms. The lowest BCUT2D eigenvalue weighted by molar-refractivity contribution is 0.0726. The Morgan fingerprint density at radius 3 is 2.60 bits per heavy atom. The number of carbonyl (C=O) groups is 1. The van der Waals surface area contributed by atoms with E-state index in [1.807, 2.05) is 24.3 Å². The van der Waals surface area contributed by atoms with Gasteiger partial charge in [-0.15, -0.1) is 0 Å². The first-order valence-corrected chi connectivity index (χ1v) is 7.41. The normalized spacial score (nSPS) is 10.6. The van der Waals surface area contributed by atoms with Crippen LogP contribution >= 0.6 is 39.1 Å². The van der Waals surface area contributed by atoms with Gasteiger partial charge in [-0.05, 0) is 35.9 Å². The first kappa shape index (κ1) is 15.5. The van der Waals surface area contributed by atoms with Crippen molar-refractivity contribution < 1.29 is 9.53 Å². The van der Waals surface area contributed by atoms with Crippen LogP contribution in [0.15, 0.2) is 46.9 Å². The third kappa shape index (κ3) is 4.32. The molecule has 0 atom stereocenters. The SMILES string of the molecule is O=C(COCc1cccc(Br)c1)c1ccc(Cl)c(Cl)c1. The summed E-state index contributed by atoms with van der Waals surface area (Å²) in [6, 6.07) is 12.5. The number of ketones is 1. The van der Waals surface area contributed by atoms with E-state index in [0.717, 1.165) is 10.0 Å². The van der Waals surface area contributed by atoms with Gasteiger partial charge in [0.25, 0.3) is 0 Å². The summed E-state index contributed by atoms with van der Waals surface area (Å²) in [7, 11) is 0. The quantitative estimate of drug-likeness (QED) is 0.677. The Morgan fingerprint density at radius 1 is 1.10 bits per heavy atom. The molecule has 0 bridgehead atoms. The van der Waals surface area contributed by atoms with Crippen LogP contribution in [0.4, 0.5) is 0 Å². The smallest absolute Gasteiger partial charge is 0.188 e. The molecule has 0 saturated carbocycles. The van der Waals surface area contributed by atoms with Crippen molar-refractivity contribution in [1.82, 2.24) is 0 Å². The number of halogens is 3. The molecule has 0 heterocycles. The topological polar surface area (TPSA) is 26.3 Å². The third-order valence-electron chi connectivity index (χ3n) is 2.63. The van der Waals surface area contributed by atoms with Crippen molar-refractivity contribution in [2.75, 3.05) is 6.61 Å². The summed E-state index contributed by atoms with van der Waals surface area (Å²) in [4.78, 5) is 11.9. The maximum atomic E-state index is 11.9. The van der Waals surface area contributed by atoms with Gasteiger partial charge in [-0.25, -0.2) is 0 Å². The summed E-state index contributed by atoms with van der Waals surface area (Å²) in [5.41, 5.74) is 1.50. The average Bonchev–Trinajstić information content (AvgIpc) is 2.42.